The number of ether oxygens (including phenoxy) is 1. The van der Waals surface area contributed by atoms with Crippen molar-refractivity contribution in [3.8, 4) is 17.2 Å². The van der Waals surface area contributed by atoms with Crippen molar-refractivity contribution >= 4 is 11.5 Å². The fourth-order valence-electron chi connectivity index (χ4n) is 2.20. The van der Waals surface area contributed by atoms with E-state index < -0.39 is 4.92 Å². The molecular weight excluding hydrogens is 312 g/mol. The van der Waals surface area contributed by atoms with E-state index in [1.54, 1.807) is 19.2 Å². The molecule has 0 aliphatic heterocycles. The Morgan fingerprint density at radius 2 is 2.04 bits per heavy atom. The Balaban J connectivity index is 1.87. The molecule has 1 N–H and O–H groups in total. The summed E-state index contributed by atoms with van der Waals surface area (Å²) in [6.45, 7) is 0.374. The second-order valence-electron chi connectivity index (χ2n) is 4.86. The third kappa shape index (κ3) is 3.17. The number of aromatic nitrogens is 2. The maximum Gasteiger partial charge on any atom is 0.340 e. The van der Waals surface area contributed by atoms with E-state index in [0.29, 0.717) is 12.3 Å². The van der Waals surface area contributed by atoms with Crippen molar-refractivity contribution in [2.24, 2.45) is 0 Å². The molecule has 0 radical (unpaired) electrons. The van der Waals surface area contributed by atoms with Gasteiger partial charge in [-0.1, -0.05) is 12.1 Å². The average molecular weight is 326 g/mol. The van der Waals surface area contributed by atoms with Gasteiger partial charge in [0, 0.05) is 6.54 Å². The van der Waals surface area contributed by atoms with Gasteiger partial charge in [0.05, 0.1) is 18.3 Å². The van der Waals surface area contributed by atoms with Crippen LogP contribution in [0.3, 0.4) is 0 Å². The highest BCUT2D eigenvalue weighted by Gasteiger charge is 2.25. The maximum absolute atomic E-state index is 11.5. The summed E-state index contributed by atoms with van der Waals surface area (Å²) in [6, 6.07) is 10.6. The molecule has 0 aliphatic carbocycles. The minimum atomic E-state index is -0.520. The van der Waals surface area contributed by atoms with Crippen molar-refractivity contribution in [1.82, 2.24) is 9.97 Å². The number of nitro groups is 1. The minimum absolute atomic E-state index is 0.136. The Labute approximate surface area is 137 Å². The van der Waals surface area contributed by atoms with Crippen LogP contribution in [0.1, 0.15) is 5.56 Å². The Kier molecular flexibility index (Phi) is 4.37. The molecule has 0 unspecified atom stereocenters. The van der Waals surface area contributed by atoms with E-state index in [9.17, 15) is 10.1 Å². The van der Waals surface area contributed by atoms with Crippen molar-refractivity contribution in [3.63, 3.8) is 0 Å². The van der Waals surface area contributed by atoms with Gasteiger partial charge in [0.2, 0.25) is 5.82 Å². The van der Waals surface area contributed by atoms with Crippen molar-refractivity contribution < 1.29 is 14.1 Å². The molecule has 2 aromatic heterocycles. The second-order valence-corrected chi connectivity index (χ2v) is 4.86. The highest BCUT2D eigenvalue weighted by atomic mass is 16.6. The molecule has 0 fully saturated rings. The number of furan rings is 1. The minimum Gasteiger partial charge on any atom is -0.497 e. The molecule has 0 saturated carbocycles. The van der Waals surface area contributed by atoms with E-state index >= 15 is 0 Å². The van der Waals surface area contributed by atoms with E-state index in [-0.39, 0.29) is 17.2 Å². The molecule has 8 nitrogen and oxygen atoms in total. The highest BCUT2D eigenvalue weighted by Crippen LogP contribution is 2.33. The predicted octanol–water partition coefficient (Wildman–Crippen LogP) is 3.27. The van der Waals surface area contributed by atoms with E-state index in [2.05, 4.69) is 15.3 Å². The molecule has 2 heterocycles. The van der Waals surface area contributed by atoms with Crippen LogP contribution in [0.5, 0.6) is 5.75 Å². The third-order valence-electron chi connectivity index (χ3n) is 3.38. The van der Waals surface area contributed by atoms with Crippen LogP contribution in [0, 0.1) is 10.1 Å². The fourth-order valence-corrected chi connectivity index (χ4v) is 2.20. The maximum atomic E-state index is 11.5. The number of anilines is 1. The Hall–Kier alpha value is -3.42. The molecular formula is C16H14N4O4. The summed E-state index contributed by atoms with van der Waals surface area (Å²) in [4.78, 5) is 18.9. The van der Waals surface area contributed by atoms with Crippen LogP contribution in [0.2, 0.25) is 0 Å². The number of rotatable bonds is 6. The zero-order valence-corrected chi connectivity index (χ0v) is 12.8. The molecule has 1 aromatic carbocycles. The van der Waals surface area contributed by atoms with Crippen molar-refractivity contribution in [1.29, 1.82) is 0 Å². The summed E-state index contributed by atoms with van der Waals surface area (Å²) in [5, 5.41) is 14.4. The average Bonchev–Trinajstić information content (AvgIpc) is 3.14. The van der Waals surface area contributed by atoms with Gasteiger partial charge < -0.3 is 14.5 Å². The summed E-state index contributed by atoms with van der Waals surface area (Å²) in [5.74, 6) is 1.20. The predicted molar refractivity (Wildman–Crippen MR) is 86.7 cm³/mol. The molecule has 0 bridgehead atoms. The summed E-state index contributed by atoms with van der Waals surface area (Å²) in [7, 11) is 1.59. The van der Waals surface area contributed by atoms with E-state index in [1.807, 2.05) is 24.3 Å². The Bertz CT molecular complexity index is 832. The smallest absolute Gasteiger partial charge is 0.340 e. The number of methoxy groups -OCH3 is 1. The van der Waals surface area contributed by atoms with Crippen molar-refractivity contribution in [3.05, 3.63) is 64.7 Å². The van der Waals surface area contributed by atoms with Crippen LogP contribution in [0.15, 0.2) is 53.4 Å². The molecule has 0 spiro atoms. The number of hydrogen-bond donors (Lipinski definition) is 1. The molecule has 3 rings (SSSR count). The first-order valence-corrected chi connectivity index (χ1v) is 7.09. The Morgan fingerprint density at radius 1 is 1.25 bits per heavy atom. The van der Waals surface area contributed by atoms with Crippen LogP contribution in [-0.4, -0.2) is 22.0 Å². The lowest BCUT2D eigenvalue weighted by atomic mass is 10.2. The standard InChI is InChI=1S/C16H14N4O4/c1-23-12-6-4-11(5-7-12)9-17-16-15(20(21)22)14(18-10-19-16)13-3-2-8-24-13/h2-8,10H,9H2,1H3,(H,17,18,19). The van der Waals surface area contributed by atoms with Gasteiger partial charge >= 0.3 is 5.69 Å². The monoisotopic (exact) mass is 326 g/mol. The lowest BCUT2D eigenvalue weighted by molar-refractivity contribution is -0.383. The van der Waals surface area contributed by atoms with E-state index in [0.717, 1.165) is 11.3 Å². The van der Waals surface area contributed by atoms with Gasteiger partial charge in [-0.25, -0.2) is 9.97 Å². The lowest BCUT2D eigenvalue weighted by Gasteiger charge is -2.08. The Morgan fingerprint density at radius 3 is 2.67 bits per heavy atom. The van der Waals surface area contributed by atoms with Crippen LogP contribution in [0.25, 0.3) is 11.5 Å². The van der Waals surface area contributed by atoms with Crippen molar-refractivity contribution in [2.75, 3.05) is 12.4 Å². The molecule has 24 heavy (non-hydrogen) atoms. The SMILES string of the molecule is COc1ccc(CNc2ncnc(-c3ccco3)c2[N+](=O)[O-])cc1. The molecule has 122 valence electrons. The van der Waals surface area contributed by atoms with Gasteiger partial charge in [-0.2, -0.15) is 0 Å². The van der Waals surface area contributed by atoms with Crippen LogP contribution < -0.4 is 10.1 Å². The fraction of sp³-hybridized carbons (Fsp3) is 0.125. The zero-order chi connectivity index (χ0) is 16.9. The third-order valence-corrected chi connectivity index (χ3v) is 3.38. The second kappa shape index (κ2) is 6.78. The number of hydrogen-bond acceptors (Lipinski definition) is 7. The van der Waals surface area contributed by atoms with E-state index in [4.69, 9.17) is 9.15 Å². The number of benzene rings is 1. The topological polar surface area (TPSA) is 103 Å². The van der Waals surface area contributed by atoms with Crippen molar-refractivity contribution in [2.45, 2.75) is 6.54 Å². The zero-order valence-electron chi connectivity index (χ0n) is 12.8. The largest absolute Gasteiger partial charge is 0.497 e. The van der Waals surface area contributed by atoms with E-state index in [1.165, 1.54) is 12.6 Å². The number of nitrogens with zero attached hydrogens (tertiary/aromatic N) is 3. The lowest BCUT2D eigenvalue weighted by Crippen LogP contribution is -2.06. The quantitative estimate of drug-likeness (QED) is 0.547. The van der Waals surface area contributed by atoms with Gasteiger partial charge in [-0.15, -0.1) is 0 Å². The molecule has 8 heteroatoms. The van der Waals surface area contributed by atoms with Crippen LogP contribution in [0.4, 0.5) is 11.5 Å². The first kappa shape index (κ1) is 15.5. The summed E-state index contributed by atoms with van der Waals surface area (Å²) >= 11 is 0. The summed E-state index contributed by atoms with van der Waals surface area (Å²) in [6.07, 6.45) is 2.70. The molecule has 0 atom stereocenters. The highest BCUT2D eigenvalue weighted by molar-refractivity contribution is 5.73. The van der Waals surface area contributed by atoms with Gasteiger partial charge in [-0.05, 0) is 29.8 Å². The van der Waals surface area contributed by atoms with Gasteiger partial charge in [-0.3, -0.25) is 10.1 Å². The molecule has 3 aromatic rings. The van der Waals surface area contributed by atoms with Crippen LogP contribution in [-0.2, 0) is 6.54 Å². The molecule has 0 amide bonds. The van der Waals surface area contributed by atoms with Gasteiger partial charge in [0.1, 0.15) is 12.1 Å². The molecule has 0 aliphatic rings. The van der Waals surface area contributed by atoms with Gasteiger partial charge in [0.15, 0.2) is 11.5 Å². The van der Waals surface area contributed by atoms with Crippen LogP contribution >= 0.6 is 0 Å². The molecule has 0 saturated heterocycles. The summed E-state index contributed by atoms with van der Waals surface area (Å²) in [5.41, 5.74) is 0.849. The first-order chi connectivity index (χ1) is 11.7. The first-order valence-electron chi connectivity index (χ1n) is 7.09. The number of nitrogens with one attached hydrogen (secondary N) is 1. The summed E-state index contributed by atoms with van der Waals surface area (Å²) < 4.78 is 10.3. The normalized spacial score (nSPS) is 10.4. The van der Waals surface area contributed by atoms with Gasteiger partial charge in [0.25, 0.3) is 0 Å².